The second-order valence-electron chi connectivity index (χ2n) is 13.6. The van der Waals surface area contributed by atoms with Crippen molar-refractivity contribution in [3.8, 4) is 5.75 Å². The zero-order chi connectivity index (χ0) is 32.7. The second kappa shape index (κ2) is 12.8. The number of azide groups is 1. The molecule has 46 heavy (non-hydrogen) atoms. The van der Waals surface area contributed by atoms with Crippen LogP contribution in [-0.4, -0.2) is 58.5 Å². The van der Waals surface area contributed by atoms with Gasteiger partial charge in [-0.3, -0.25) is 4.79 Å². The first-order chi connectivity index (χ1) is 22.0. The molecule has 2 heterocycles. The third-order valence-corrected chi connectivity index (χ3v) is 13.1. The van der Waals surface area contributed by atoms with E-state index in [0.29, 0.717) is 36.9 Å². The molecule has 246 valence electrons. The van der Waals surface area contributed by atoms with Crippen LogP contribution in [0.1, 0.15) is 67.4 Å². The van der Waals surface area contributed by atoms with E-state index in [1.54, 1.807) is 32.2 Å². The molecule has 1 unspecified atom stereocenters. The van der Waals surface area contributed by atoms with Gasteiger partial charge in [-0.2, -0.15) is 0 Å². The lowest BCUT2D eigenvalue weighted by molar-refractivity contribution is -0.0683. The number of amides is 1. The van der Waals surface area contributed by atoms with Gasteiger partial charge in [-0.05, 0) is 110 Å². The molecule has 2 aliphatic heterocycles. The number of nitrogens with zero attached hydrogens (tertiary/aromatic N) is 4. The third-order valence-electron chi connectivity index (χ3n) is 11.0. The summed E-state index contributed by atoms with van der Waals surface area (Å²) in [5.74, 6) is -0.0206. The van der Waals surface area contributed by atoms with Crippen molar-refractivity contribution in [1.29, 1.82) is 0 Å². The molecule has 1 fully saturated rings. The van der Waals surface area contributed by atoms with Crippen LogP contribution >= 0.6 is 11.6 Å². The Morgan fingerprint density at radius 2 is 2.04 bits per heavy atom. The molecule has 0 saturated heterocycles. The van der Waals surface area contributed by atoms with Crippen LogP contribution in [0.4, 0.5) is 5.69 Å². The summed E-state index contributed by atoms with van der Waals surface area (Å²) in [4.78, 5) is 18.8. The van der Waals surface area contributed by atoms with Gasteiger partial charge < -0.3 is 14.4 Å². The zero-order valence-electron chi connectivity index (χ0n) is 26.6. The molecule has 10 nitrogen and oxygen atoms in total. The van der Waals surface area contributed by atoms with Gasteiger partial charge in [-0.1, -0.05) is 41.9 Å². The number of fused-ring (bicyclic) bond motifs is 4. The largest absolute Gasteiger partial charge is 0.490 e. The lowest BCUT2D eigenvalue weighted by atomic mass is 9.63. The summed E-state index contributed by atoms with van der Waals surface area (Å²) in [6.07, 6.45) is 9.11. The van der Waals surface area contributed by atoms with Gasteiger partial charge in [0.15, 0.2) is 0 Å². The van der Waals surface area contributed by atoms with E-state index in [9.17, 15) is 18.7 Å². The third kappa shape index (κ3) is 5.99. The van der Waals surface area contributed by atoms with E-state index in [0.717, 1.165) is 37.8 Å². The molecule has 6 atom stereocenters. The van der Waals surface area contributed by atoms with Crippen molar-refractivity contribution in [1.82, 2.24) is 4.72 Å². The number of hydrogen-bond donors (Lipinski definition) is 1. The Bertz CT molecular complexity index is 1690. The summed E-state index contributed by atoms with van der Waals surface area (Å²) in [7, 11) is -2.33. The molecule has 0 radical (unpaired) electrons. The first-order valence-corrected chi connectivity index (χ1v) is 18.0. The molecule has 2 aromatic carbocycles. The number of carbonyl (C=O) groups is 1. The predicted octanol–water partition coefficient (Wildman–Crippen LogP) is 6.58. The molecule has 1 spiro atoms. The highest BCUT2D eigenvalue weighted by molar-refractivity contribution is 7.90. The van der Waals surface area contributed by atoms with Crippen molar-refractivity contribution < 1.29 is 22.7 Å². The molecular weight excluding hydrogens is 626 g/mol. The highest BCUT2D eigenvalue weighted by Gasteiger charge is 2.49. The number of halogens is 1. The molecule has 2 aliphatic carbocycles. The SMILES string of the molecule is COC1(CN=[N+]=[N-])/C=C/C[C@H](C)[C@@H](C)S(=O)(=O)NC(=O)c2ccc3c(c2)N(C[C@@H]2CC[C@H]21)C[C@@]1(CCCc2cc(Cl)ccc21)CO3. The molecule has 1 saturated carbocycles. The van der Waals surface area contributed by atoms with Crippen molar-refractivity contribution in [2.24, 2.45) is 22.9 Å². The van der Waals surface area contributed by atoms with E-state index < -0.39 is 26.8 Å². The van der Waals surface area contributed by atoms with Gasteiger partial charge in [0.2, 0.25) is 10.0 Å². The van der Waals surface area contributed by atoms with E-state index in [-0.39, 0.29) is 35.3 Å². The standard InChI is InChI=1S/C34H42ClN5O5S/c1-22-6-4-15-34(44-3,19-37-39-36)29-11-8-26(29)18-40-20-33(14-5-7-24-16-27(35)10-12-28(24)33)21-45-31-13-9-25(17-30(31)40)32(41)38-46(42,43)23(22)2/h4,9-10,12-13,15-17,22-23,26,29H,5-8,11,14,18-21H2,1-3H3,(H,38,41)/b15-4+/t22-,23+,26-,29+,33-,34?/m0/s1. The summed E-state index contributed by atoms with van der Waals surface area (Å²) in [6.45, 7) is 5.39. The number of ether oxygens (including phenoxy) is 2. The Balaban J connectivity index is 1.47. The van der Waals surface area contributed by atoms with Gasteiger partial charge in [0.1, 0.15) is 5.75 Å². The second-order valence-corrected chi connectivity index (χ2v) is 16.0. The minimum Gasteiger partial charge on any atom is -0.490 e. The Morgan fingerprint density at radius 1 is 1.22 bits per heavy atom. The zero-order valence-corrected chi connectivity index (χ0v) is 28.2. The minimum atomic E-state index is -3.98. The van der Waals surface area contributed by atoms with Gasteiger partial charge in [0, 0.05) is 41.1 Å². The number of anilines is 1. The maximum Gasteiger partial charge on any atom is 0.264 e. The normalized spacial score (nSPS) is 32.8. The van der Waals surface area contributed by atoms with E-state index in [4.69, 9.17) is 21.1 Å². The van der Waals surface area contributed by atoms with Crippen molar-refractivity contribution in [3.63, 3.8) is 0 Å². The van der Waals surface area contributed by atoms with Crippen molar-refractivity contribution in [2.45, 2.75) is 68.6 Å². The molecular formula is C34H42ClN5O5S. The summed E-state index contributed by atoms with van der Waals surface area (Å²) >= 11 is 6.42. The topological polar surface area (TPSA) is 134 Å². The Labute approximate surface area is 276 Å². The van der Waals surface area contributed by atoms with Crippen molar-refractivity contribution >= 4 is 33.2 Å². The number of nitrogens with one attached hydrogen (secondary N) is 1. The number of carbonyl (C=O) groups excluding carboxylic acids is 1. The maximum atomic E-state index is 13.5. The van der Waals surface area contributed by atoms with Gasteiger partial charge in [0.25, 0.3) is 5.91 Å². The van der Waals surface area contributed by atoms with Gasteiger partial charge in [0.05, 0.1) is 29.7 Å². The molecule has 12 heteroatoms. The molecule has 2 aromatic rings. The number of aryl methyl sites for hydroxylation is 1. The maximum absolute atomic E-state index is 13.5. The quantitative estimate of drug-likeness (QED) is 0.170. The fraction of sp³-hybridized carbons (Fsp3) is 0.559. The van der Waals surface area contributed by atoms with Gasteiger partial charge in [-0.25, -0.2) is 13.1 Å². The summed E-state index contributed by atoms with van der Waals surface area (Å²) in [5, 5.41) is 3.85. The van der Waals surface area contributed by atoms with E-state index in [1.165, 1.54) is 11.1 Å². The Hall–Kier alpha value is -3.24. The number of benzene rings is 2. The fourth-order valence-electron chi connectivity index (χ4n) is 7.95. The monoisotopic (exact) mass is 667 g/mol. The molecule has 0 aromatic heterocycles. The van der Waals surface area contributed by atoms with Gasteiger partial charge in [-0.15, -0.1) is 0 Å². The number of hydrogen-bond acceptors (Lipinski definition) is 7. The Kier molecular flexibility index (Phi) is 9.06. The lowest BCUT2D eigenvalue weighted by Gasteiger charge is -2.50. The van der Waals surface area contributed by atoms with Crippen LogP contribution in [0.3, 0.4) is 0 Å². The summed E-state index contributed by atoms with van der Waals surface area (Å²) in [6, 6.07) is 11.3. The molecule has 1 N–H and O–H groups in total. The van der Waals surface area contributed by atoms with Crippen LogP contribution in [0.2, 0.25) is 5.02 Å². The molecule has 1 amide bonds. The number of allylic oxidation sites excluding steroid dienone is 1. The smallest absolute Gasteiger partial charge is 0.264 e. The molecule has 6 rings (SSSR count). The minimum absolute atomic E-state index is 0.0659. The van der Waals surface area contributed by atoms with Crippen molar-refractivity contribution in [2.75, 3.05) is 38.3 Å². The lowest BCUT2D eigenvalue weighted by Crippen LogP contribution is -2.54. The number of rotatable bonds is 3. The molecule has 2 bridgehead atoms. The Morgan fingerprint density at radius 3 is 2.78 bits per heavy atom. The highest BCUT2D eigenvalue weighted by Crippen LogP contribution is 2.49. The fourth-order valence-corrected chi connectivity index (χ4v) is 9.43. The first-order valence-electron chi connectivity index (χ1n) is 16.1. The van der Waals surface area contributed by atoms with Crippen LogP contribution in [0.25, 0.3) is 10.4 Å². The van der Waals surface area contributed by atoms with Crippen LogP contribution in [0.5, 0.6) is 5.75 Å². The summed E-state index contributed by atoms with van der Waals surface area (Å²) < 4.78 is 41.8. The summed E-state index contributed by atoms with van der Waals surface area (Å²) in [5.41, 5.74) is 11.6. The van der Waals surface area contributed by atoms with Crippen LogP contribution in [0.15, 0.2) is 53.7 Å². The first kappa shape index (κ1) is 32.7. The van der Waals surface area contributed by atoms with Crippen LogP contribution in [-0.2, 0) is 26.6 Å². The van der Waals surface area contributed by atoms with Crippen LogP contribution < -0.4 is 14.4 Å². The number of sulfonamides is 1. The van der Waals surface area contributed by atoms with E-state index in [2.05, 4.69) is 31.8 Å². The van der Waals surface area contributed by atoms with Crippen molar-refractivity contribution in [3.05, 3.63) is 80.7 Å². The predicted molar refractivity (Wildman–Crippen MR) is 179 cm³/mol. The molecule has 4 aliphatic rings. The van der Waals surface area contributed by atoms with E-state index >= 15 is 0 Å². The number of methoxy groups -OCH3 is 1. The highest BCUT2D eigenvalue weighted by atomic mass is 35.5. The van der Waals surface area contributed by atoms with Gasteiger partial charge >= 0.3 is 0 Å². The van der Waals surface area contributed by atoms with E-state index in [1.807, 2.05) is 25.1 Å². The average molecular weight is 668 g/mol. The average Bonchev–Trinajstić information content (AvgIpc) is 3.17. The van der Waals surface area contributed by atoms with Crippen LogP contribution in [0, 0.1) is 17.8 Å².